The van der Waals surface area contributed by atoms with Crippen LogP contribution in [0, 0.1) is 11.6 Å². The van der Waals surface area contributed by atoms with Gasteiger partial charge < -0.3 is 19.5 Å². The first-order valence-electron chi connectivity index (χ1n) is 7.76. The van der Waals surface area contributed by atoms with Crippen molar-refractivity contribution in [2.45, 2.75) is 12.2 Å². The van der Waals surface area contributed by atoms with Gasteiger partial charge in [-0.05, 0) is 29.8 Å². The standard InChI is InChI=1S/C18H19F2NO3/c1-22-15-7-3-6-14(20)18(15)24-17(16-11-21-8-9-23-16)12-4-2-5-13(19)10-12/h2-7,10,16-17,21H,8-9,11H2,1H3/t16-,17?/m0/s1. The molecule has 4 nitrogen and oxygen atoms in total. The van der Waals surface area contributed by atoms with Crippen molar-refractivity contribution >= 4 is 0 Å². The Balaban J connectivity index is 1.96. The molecular weight excluding hydrogens is 316 g/mol. The first-order chi connectivity index (χ1) is 11.7. The summed E-state index contributed by atoms with van der Waals surface area (Å²) < 4.78 is 44.7. The summed E-state index contributed by atoms with van der Waals surface area (Å²) in [4.78, 5) is 0. The fraction of sp³-hybridized carbons (Fsp3) is 0.333. The van der Waals surface area contributed by atoms with Crippen molar-refractivity contribution in [1.29, 1.82) is 0 Å². The number of para-hydroxylation sites is 1. The second-order valence-electron chi connectivity index (χ2n) is 5.48. The van der Waals surface area contributed by atoms with E-state index in [2.05, 4.69) is 5.32 Å². The third kappa shape index (κ3) is 3.66. The quantitative estimate of drug-likeness (QED) is 0.912. The molecule has 1 heterocycles. The molecule has 0 aliphatic carbocycles. The summed E-state index contributed by atoms with van der Waals surface area (Å²) >= 11 is 0. The lowest BCUT2D eigenvalue weighted by Crippen LogP contribution is -2.43. The van der Waals surface area contributed by atoms with Crippen LogP contribution in [0.4, 0.5) is 8.78 Å². The van der Waals surface area contributed by atoms with Crippen molar-refractivity contribution < 1.29 is 23.0 Å². The van der Waals surface area contributed by atoms with Gasteiger partial charge in [0.2, 0.25) is 0 Å². The summed E-state index contributed by atoms with van der Waals surface area (Å²) in [5.41, 5.74) is 0.578. The van der Waals surface area contributed by atoms with Crippen molar-refractivity contribution in [3.8, 4) is 11.5 Å². The van der Waals surface area contributed by atoms with Crippen LogP contribution in [-0.2, 0) is 4.74 Å². The summed E-state index contributed by atoms with van der Waals surface area (Å²) in [5.74, 6) is -0.659. The van der Waals surface area contributed by atoms with Gasteiger partial charge in [0, 0.05) is 13.1 Å². The van der Waals surface area contributed by atoms with Gasteiger partial charge >= 0.3 is 0 Å². The monoisotopic (exact) mass is 335 g/mol. The molecule has 1 unspecified atom stereocenters. The zero-order chi connectivity index (χ0) is 16.9. The van der Waals surface area contributed by atoms with Gasteiger partial charge in [-0.25, -0.2) is 8.78 Å². The zero-order valence-corrected chi connectivity index (χ0v) is 13.3. The molecule has 2 aromatic rings. The number of morpholine rings is 1. The van der Waals surface area contributed by atoms with Gasteiger partial charge in [-0.15, -0.1) is 0 Å². The van der Waals surface area contributed by atoms with Gasteiger partial charge in [-0.2, -0.15) is 0 Å². The Hall–Kier alpha value is -2.18. The molecule has 6 heteroatoms. The predicted molar refractivity (Wildman–Crippen MR) is 85.3 cm³/mol. The number of nitrogens with one attached hydrogen (secondary N) is 1. The van der Waals surface area contributed by atoms with Crippen LogP contribution < -0.4 is 14.8 Å². The van der Waals surface area contributed by atoms with Gasteiger partial charge in [0.05, 0.1) is 13.7 Å². The third-order valence-corrected chi connectivity index (χ3v) is 3.87. The molecule has 1 N–H and O–H groups in total. The highest BCUT2D eigenvalue weighted by molar-refractivity contribution is 5.41. The van der Waals surface area contributed by atoms with E-state index in [1.165, 1.54) is 31.4 Å². The van der Waals surface area contributed by atoms with Crippen LogP contribution in [-0.4, -0.2) is 32.9 Å². The van der Waals surface area contributed by atoms with E-state index < -0.39 is 11.9 Å². The topological polar surface area (TPSA) is 39.7 Å². The third-order valence-electron chi connectivity index (χ3n) is 3.87. The highest BCUT2D eigenvalue weighted by Gasteiger charge is 2.30. The Morgan fingerprint density at radius 2 is 2.04 bits per heavy atom. The Morgan fingerprint density at radius 3 is 2.75 bits per heavy atom. The van der Waals surface area contributed by atoms with Crippen LogP contribution in [0.25, 0.3) is 0 Å². The lowest BCUT2D eigenvalue weighted by atomic mass is 10.0. The van der Waals surface area contributed by atoms with E-state index in [4.69, 9.17) is 14.2 Å². The molecule has 0 saturated carbocycles. The fourth-order valence-electron chi connectivity index (χ4n) is 2.71. The number of halogens is 2. The molecule has 0 spiro atoms. The minimum atomic E-state index is -0.667. The number of hydrogen-bond acceptors (Lipinski definition) is 4. The van der Waals surface area contributed by atoms with Crippen LogP contribution >= 0.6 is 0 Å². The van der Waals surface area contributed by atoms with E-state index in [1.807, 2.05) is 0 Å². The minimum Gasteiger partial charge on any atom is -0.493 e. The predicted octanol–water partition coefficient (Wildman–Crippen LogP) is 3.08. The summed E-state index contributed by atoms with van der Waals surface area (Å²) in [6, 6.07) is 10.5. The van der Waals surface area contributed by atoms with Crippen molar-refractivity contribution in [2.24, 2.45) is 0 Å². The summed E-state index contributed by atoms with van der Waals surface area (Å²) in [6.07, 6.45) is -1.04. The Bertz CT molecular complexity index is 690. The van der Waals surface area contributed by atoms with Crippen LogP contribution in [0.3, 0.4) is 0 Å². The van der Waals surface area contributed by atoms with Crippen LogP contribution in [0.1, 0.15) is 11.7 Å². The van der Waals surface area contributed by atoms with E-state index in [0.717, 1.165) is 6.54 Å². The molecule has 1 fully saturated rings. The smallest absolute Gasteiger partial charge is 0.197 e. The van der Waals surface area contributed by atoms with Crippen LogP contribution in [0.15, 0.2) is 42.5 Å². The minimum absolute atomic E-state index is 0.0107. The fourth-order valence-corrected chi connectivity index (χ4v) is 2.71. The Morgan fingerprint density at radius 1 is 1.21 bits per heavy atom. The molecule has 0 amide bonds. The van der Waals surface area contributed by atoms with E-state index in [9.17, 15) is 8.78 Å². The molecule has 1 saturated heterocycles. The molecule has 0 aromatic heterocycles. The van der Waals surface area contributed by atoms with Crippen molar-refractivity contribution in [1.82, 2.24) is 5.32 Å². The van der Waals surface area contributed by atoms with Gasteiger partial charge in [-0.1, -0.05) is 18.2 Å². The average Bonchev–Trinajstić information content (AvgIpc) is 2.61. The Labute approximate surface area is 139 Å². The van der Waals surface area contributed by atoms with E-state index in [0.29, 0.717) is 18.7 Å². The molecule has 3 rings (SSSR count). The van der Waals surface area contributed by atoms with Gasteiger partial charge in [0.15, 0.2) is 23.4 Å². The second-order valence-corrected chi connectivity index (χ2v) is 5.48. The number of hydrogen-bond donors (Lipinski definition) is 1. The van der Waals surface area contributed by atoms with Crippen LogP contribution in [0.2, 0.25) is 0 Å². The van der Waals surface area contributed by atoms with Gasteiger partial charge in [0.1, 0.15) is 11.9 Å². The molecule has 2 aromatic carbocycles. The molecule has 1 aliphatic heterocycles. The molecule has 128 valence electrons. The number of methoxy groups -OCH3 is 1. The highest BCUT2D eigenvalue weighted by Crippen LogP contribution is 2.35. The summed E-state index contributed by atoms with van der Waals surface area (Å²) in [5, 5.41) is 3.20. The first kappa shape index (κ1) is 16.7. The van der Waals surface area contributed by atoms with E-state index >= 15 is 0 Å². The normalized spacial score (nSPS) is 18.9. The molecule has 24 heavy (non-hydrogen) atoms. The number of rotatable bonds is 5. The molecule has 0 radical (unpaired) electrons. The zero-order valence-electron chi connectivity index (χ0n) is 13.3. The van der Waals surface area contributed by atoms with Gasteiger partial charge in [-0.3, -0.25) is 0 Å². The van der Waals surface area contributed by atoms with Crippen molar-refractivity contribution in [3.05, 3.63) is 59.7 Å². The number of ether oxygens (including phenoxy) is 3. The van der Waals surface area contributed by atoms with Gasteiger partial charge in [0.25, 0.3) is 0 Å². The SMILES string of the molecule is COc1cccc(F)c1OC(c1cccc(F)c1)[C@@H]1CNCCO1. The number of benzene rings is 2. The summed E-state index contributed by atoms with van der Waals surface area (Å²) in [7, 11) is 1.44. The maximum atomic E-state index is 14.2. The lowest BCUT2D eigenvalue weighted by molar-refractivity contribution is -0.0449. The molecule has 2 atom stereocenters. The van der Waals surface area contributed by atoms with E-state index in [-0.39, 0.29) is 23.4 Å². The van der Waals surface area contributed by atoms with Crippen molar-refractivity contribution in [3.63, 3.8) is 0 Å². The van der Waals surface area contributed by atoms with Crippen molar-refractivity contribution in [2.75, 3.05) is 26.8 Å². The summed E-state index contributed by atoms with van der Waals surface area (Å²) in [6.45, 7) is 1.77. The highest BCUT2D eigenvalue weighted by atomic mass is 19.1. The second kappa shape index (κ2) is 7.59. The maximum Gasteiger partial charge on any atom is 0.197 e. The first-order valence-corrected chi connectivity index (χ1v) is 7.76. The largest absolute Gasteiger partial charge is 0.493 e. The molecule has 0 bridgehead atoms. The lowest BCUT2D eigenvalue weighted by Gasteiger charge is -2.32. The Kier molecular flexibility index (Phi) is 5.27. The van der Waals surface area contributed by atoms with Crippen LogP contribution in [0.5, 0.6) is 11.5 Å². The maximum absolute atomic E-state index is 14.2. The van der Waals surface area contributed by atoms with E-state index in [1.54, 1.807) is 18.2 Å². The average molecular weight is 335 g/mol. The molecular formula is C18H19F2NO3. The molecule has 1 aliphatic rings.